The number of anilines is 1. The molecule has 0 bridgehead atoms. The summed E-state index contributed by atoms with van der Waals surface area (Å²) in [5.74, 6) is 0.779. The van der Waals surface area contributed by atoms with Gasteiger partial charge in [0.25, 0.3) is 5.91 Å². The van der Waals surface area contributed by atoms with E-state index in [1.54, 1.807) is 0 Å². The first kappa shape index (κ1) is 16.2. The molecule has 1 fully saturated rings. The van der Waals surface area contributed by atoms with Gasteiger partial charge in [-0.15, -0.1) is 12.4 Å². The average Bonchev–Trinajstić information content (AvgIpc) is 2.95. The van der Waals surface area contributed by atoms with Gasteiger partial charge in [-0.2, -0.15) is 0 Å². The molecule has 21 heavy (non-hydrogen) atoms. The highest BCUT2D eigenvalue weighted by Gasteiger charge is 2.32. The fraction of sp³-hybridized carbons (Fsp3) is 0.588. The molecule has 2 aliphatic heterocycles. The van der Waals surface area contributed by atoms with Crippen molar-refractivity contribution in [3.63, 3.8) is 0 Å². The van der Waals surface area contributed by atoms with Crippen molar-refractivity contribution in [2.24, 2.45) is 5.92 Å². The van der Waals surface area contributed by atoms with E-state index in [9.17, 15) is 4.79 Å². The van der Waals surface area contributed by atoms with Gasteiger partial charge in [0.1, 0.15) is 0 Å². The average molecular weight is 309 g/mol. The lowest BCUT2D eigenvalue weighted by molar-refractivity contribution is 0.0700. The molecule has 1 amide bonds. The van der Waals surface area contributed by atoms with E-state index in [0.29, 0.717) is 12.0 Å². The van der Waals surface area contributed by atoms with E-state index >= 15 is 0 Å². The molecule has 1 saturated heterocycles. The van der Waals surface area contributed by atoms with Gasteiger partial charge in [0.2, 0.25) is 0 Å². The SMILES string of the molecule is CC(C)C1CCCN1C(=O)c1cccc2c1CCCN2.Cl. The Hall–Kier alpha value is -1.22. The van der Waals surface area contributed by atoms with Gasteiger partial charge in [-0.25, -0.2) is 0 Å². The van der Waals surface area contributed by atoms with Crippen LogP contribution in [0.2, 0.25) is 0 Å². The Bertz CT molecular complexity index is 516. The largest absolute Gasteiger partial charge is 0.385 e. The maximum atomic E-state index is 12.9. The van der Waals surface area contributed by atoms with Gasteiger partial charge < -0.3 is 10.2 Å². The third kappa shape index (κ3) is 3.03. The molecule has 0 aliphatic carbocycles. The fourth-order valence-corrected chi connectivity index (χ4v) is 3.60. The summed E-state index contributed by atoms with van der Waals surface area (Å²) in [4.78, 5) is 15.0. The molecule has 0 radical (unpaired) electrons. The van der Waals surface area contributed by atoms with Crippen LogP contribution < -0.4 is 5.32 Å². The second-order valence-corrected chi connectivity index (χ2v) is 6.31. The molecule has 1 aromatic carbocycles. The Morgan fingerprint density at radius 3 is 2.90 bits per heavy atom. The standard InChI is InChI=1S/C17H24N2O.ClH/c1-12(2)16-9-5-11-19(16)17(20)14-6-3-8-15-13(14)7-4-10-18-15;/h3,6,8,12,16,18H,4-5,7,9-11H2,1-2H3;1H. The van der Waals surface area contributed by atoms with Gasteiger partial charge >= 0.3 is 0 Å². The van der Waals surface area contributed by atoms with E-state index in [4.69, 9.17) is 0 Å². The number of nitrogens with one attached hydrogen (secondary N) is 1. The summed E-state index contributed by atoms with van der Waals surface area (Å²) in [5.41, 5.74) is 3.29. The highest BCUT2D eigenvalue weighted by molar-refractivity contribution is 5.97. The highest BCUT2D eigenvalue weighted by atomic mass is 35.5. The summed E-state index contributed by atoms with van der Waals surface area (Å²) in [6.07, 6.45) is 4.42. The number of hydrogen-bond acceptors (Lipinski definition) is 2. The van der Waals surface area contributed by atoms with Gasteiger partial charge in [-0.1, -0.05) is 19.9 Å². The number of nitrogens with zero attached hydrogens (tertiary/aromatic N) is 1. The van der Waals surface area contributed by atoms with Crippen molar-refractivity contribution in [3.05, 3.63) is 29.3 Å². The number of carbonyl (C=O) groups excluding carboxylic acids is 1. The second kappa shape index (κ2) is 6.69. The molecular weight excluding hydrogens is 284 g/mol. The van der Waals surface area contributed by atoms with Crippen LogP contribution in [0.15, 0.2) is 18.2 Å². The molecular formula is C17H25ClN2O. The summed E-state index contributed by atoms with van der Waals surface area (Å²) in [6, 6.07) is 6.51. The number of hydrogen-bond donors (Lipinski definition) is 1. The summed E-state index contributed by atoms with van der Waals surface area (Å²) in [5, 5.41) is 3.41. The van der Waals surface area contributed by atoms with Crippen molar-refractivity contribution in [3.8, 4) is 0 Å². The van der Waals surface area contributed by atoms with Crippen molar-refractivity contribution < 1.29 is 4.79 Å². The van der Waals surface area contributed by atoms with E-state index in [-0.39, 0.29) is 18.3 Å². The first-order chi connectivity index (χ1) is 9.68. The van der Waals surface area contributed by atoms with E-state index in [0.717, 1.165) is 50.0 Å². The minimum atomic E-state index is 0. The number of halogens is 1. The van der Waals surface area contributed by atoms with Crippen LogP contribution in [0, 0.1) is 5.92 Å². The first-order valence-corrected chi connectivity index (χ1v) is 7.85. The highest BCUT2D eigenvalue weighted by Crippen LogP contribution is 2.30. The van der Waals surface area contributed by atoms with E-state index < -0.39 is 0 Å². The monoisotopic (exact) mass is 308 g/mol. The van der Waals surface area contributed by atoms with Crippen LogP contribution in [-0.2, 0) is 6.42 Å². The quantitative estimate of drug-likeness (QED) is 0.903. The predicted molar refractivity (Wildman–Crippen MR) is 89.4 cm³/mol. The molecule has 0 saturated carbocycles. The van der Waals surface area contributed by atoms with Gasteiger partial charge in [0.15, 0.2) is 0 Å². The minimum absolute atomic E-state index is 0. The lowest BCUT2D eigenvalue weighted by Crippen LogP contribution is -2.39. The molecule has 0 spiro atoms. The Labute approximate surface area is 133 Å². The third-order valence-electron chi connectivity index (χ3n) is 4.66. The van der Waals surface area contributed by atoms with E-state index in [1.807, 2.05) is 12.1 Å². The van der Waals surface area contributed by atoms with Crippen LogP contribution in [-0.4, -0.2) is 29.9 Å². The molecule has 1 unspecified atom stereocenters. The first-order valence-electron chi connectivity index (χ1n) is 7.85. The zero-order valence-electron chi connectivity index (χ0n) is 12.9. The zero-order valence-corrected chi connectivity index (χ0v) is 13.7. The third-order valence-corrected chi connectivity index (χ3v) is 4.66. The number of rotatable bonds is 2. The molecule has 116 valence electrons. The summed E-state index contributed by atoms with van der Waals surface area (Å²) in [7, 11) is 0. The Morgan fingerprint density at radius 1 is 1.33 bits per heavy atom. The Morgan fingerprint density at radius 2 is 2.14 bits per heavy atom. The normalized spacial score (nSPS) is 20.7. The minimum Gasteiger partial charge on any atom is -0.385 e. The number of amides is 1. The summed E-state index contributed by atoms with van der Waals surface area (Å²) >= 11 is 0. The summed E-state index contributed by atoms with van der Waals surface area (Å²) < 4.78 is 0. The van der Waals surface area contributed by atoms with Crippen molar-refractivity contribution in [2.45, 2.75) is 45.6 Å². The number of benzene rings is 1. The van der Waals surface area contributed by atoms with Crippen LogP contribution >= 0.6 is 12.4 Å². The topological polar surface area (TPSA) is 32.3 Å². The van der Waals surface area contributed by atoms with Gasteiger partial charge in [0.05, 0.1) is 0 Å². The predicted octanol–water partition coefficient (Wildman–Crippen LogP) is 3.73. The van der Waals surface area contributed by atoms with Gasteiger partial charge in [-0.3, -0.25) is 4.79 Å². The Kier molecular flexibility index (Phi) is 5.15. The smallest absolute Gasteiger partial charge is 0.254 e. The van der Waals surface area contributed by atoms with Gasteiger partial charge in [0, 0.05) is 30.4 Å². The molecule has 4 heteroatoms. The van der Waals surface area contributed by atoms with Crippen molar-refractivity contribution >= 4 is 24.0 Å². The number of fused-ring (bicyclic) bond motifs is 1. The molecule has 0 aromatic heterocycles. The van der Waals surface area contributed by atoms with Crippen molar-refractivity contribution in [1.82, 2.24) is 4.90 Å². The molecule has 1 N–H and O–H groups in total. The Balaban J connectivity index is 0.00000161. The van der Waals surface area contributed by atoms with Crippen molar-refractivity contribution in [1.29, 1.82) is 0 Å². The number of carbonyl (C=O) groups is 1. The molecule has 2 aliphatic rings. The summed E-state index contributed by atoms with van der Waals surface area (Å²) in [6.45, 7) is 6.37. The second-order valence-electron chi connectivity index (χ2n) is 6.31. The fourth-order valence-electron chi connectivity index (χ4n) is 3.60. The molecule has 3 rings (SSSR count). The van der Waals surface area contributed by atoms with Crippen LogP contribution in [0.4, 0.5) is 5.69 Å². The molecule has 2 heterocycles. The zero-order chi connectivity index (χ0) is 14.1. The maximum absolute atomic E-state index is 12.9. The van der Waals surface area contributed by atoms with Crippen LogP contribution in [0.1, 0.15) is 49.0 Å². The van der Waals surface area contributed by atoms with Crippen LogP contribution in [0.3, 0.4) is 0 Å². The number of likely N-dealkylation sites (tertiary alicyclic amines) is 1. The molecule has 1 aromatic rings. The van der Waals surface area contributed by atoms with Gasteiger partial charge in [-0.05, 0) is 49.3 Å². The van der Waals surface area contributed by atoms with Crippen molar-refractivity contribution in [2.75, 3.05) is 18.4 Å². The van der Waals surface area contributed by atoms with Crippen LogP contribution in [0.25, 0.3) is 0 Å². The van der Waals surface area contributed by atoms with E-state index in [2.05, 4.69) is 30.1 Å². The lowest BCUT2D eigenvalue weighted by atomic mass is 9.95. The molecule has 1 atom stereocenters. The molecule has 3 nitrogen and oxygen atoms in total. The van der Waals surface area contributed by atoms with Crippen LogP contribution in [0.5, 0.6) is 0 Å². The van der Waals surface area contributed by atoms with E-state index in [1.165, 1.54) is 5.56 Å². The maximum Gasteiger partial charge on any atom is 0.254 e. The lowest BCUT2D eigenvalue weighted by Gasteiger charge is -2.29.